The number of carboxylic acid groups (broad SMARTS) is 2. The van der Waals surface area contributed by atoms with Gasteiger partial charge in [0, 0.05) is 5.69 Å². The van der Waals surface area contributed by atoms with Gasteiger partial charge in [0.2, 0.25) is 5.91 Å². The van der Waals surface area contributed by atoms with E-state index in [2.05, 4.69) is 5.32 Å². The molecule has 0 aromatic heterocycles. The zero-order chi connectivity index (χ0) is 22.2. The third-order valence-electron chi connectivity index (χ3n) is 5.59. The van der Waals surface area contributed by atoms with E-state index >= 15 is 0 Å². The number of aryl methyl sites for hydroxylation is 2. The molecule has 1 amide bonds. The molecule has 0 spiro atoms. The second kappa shape index (κ2) is 10.7. The number of anilines is 1. The van der Waals surface area contributed by atoms with Gasteiger partial charge in [0.1, 0.15) is 12.6 Å². The highest BCUT2D eigenvalue weighted by molar-refractivity contribution is 6.01. The van der Waals surface area contributed by atoms with Gasteiger partial charge >= 0.3 is 11.9 Å². The topological polar surface area (TPSA) is 107 Å². The quantitative estimate of drug-likeness (QED) is 0.602. The maximum Gasteiger partial charge on any atom is 0.323 e. The monoisotopic (exact) mass is 424 g/mol. The van der Waals surface area contributed by atoms with Crippen LogP contribution >= 0.6 is 0 Å². The molecule has 2 atom stereocenters. The van der Waals surface area contributed by atoms with E-state index in [0.29, 0.717) is 24.9 Å². The van der Waals surface area contributed by atoms with Crippen molar-refractivity contribution < 1.29 is 24.6 Å². The molecular formula is C24H28N2O5. The van der Waals surface area contributed by atoms with Crippen LogP contribution in [0.3, 0.4) is 0 Å². The fraction of sp³-hybridized carbons (Fsp3) is 0.375. The van der Waals surface area contributed by atoms with E-state index in [-0.39, 0.29) is 0 Å². The molecule has 1 aliphatic rings. The van der Waals surface area contributed by atoms with Crippen LogP contribution in [0.5, 0.6) is 0 Å². The molecule has 0 bridgehead atoms. The van der Waals surface area contributed by atoms with Crippen LogP contribution in [0.1, 0.15) is 36.8 Å². The molecule has 0 saturated carbocycles. The van der Waals surface area contributed by atoms with Crippen molar-refractivity contribution in [2.45, 2.75) is 50.6 Å². The normalized spacial score (nSPS) is 17.7. The van der Waals surface area contributed by atoms with Gasteiger partial charge < -0.3 is 10.2 Å². The summed E-state index contributed by atoms with van der Waals surface area (Å²) in [5.41, 5.74) is 2.54. The van der Waals surface area contributed by atoms with Crippen molar-refractivity contribution in [3.05, 3.63) is 65.7 Å². The molecule has 0 saturated heterocycles. The largest absolute Gasteiger partial charge is 0.480 e. The van der Waals surface area contributed by atoms with Crippen LogP contribution in [0.2, 0.25) is 0 Å². The Hall–Kier alpha value is -3.19. The maximum absolute atomic E-state index is 13.4. The number of carboxylic acids is 2. The highest BCUT2D eigenvalue weighted by Crippen LogP contribution is 2.26. The van der Waals surface area contributed by atoms with E-state index in [1.165, 1.54) is 4.90 Å². The van der Waals surface area contributed by atoms with Crippen LogP contribution in [0.4, 0.5) is 5.69 Å². The first-order chi connectivity index (χ1) is 15.0. The Morgan fingerprint density at radius 1 is 1.03 bits per heavy atom. The minimum Gasteiger partial charge on any atom is -0.480 e. The van der Waals surface area contributed by atoms with Crippen LogP contribution in [-0.2, 0) is 27.2 Å². The standard InChI is InChI=1S/C24H28N2O5/c27-22(28)16-26-21-13-7-5-11-18(21)10-4-6-12-19(23(26)29)25-20(24(30)31)15-14-17-8-2-1-3-9-17/h1-3,5,7-9,11,13,19-20,25H,4,6,10,12,14-16H2,(H,27,28)(H,30,31)/t19-,20-/m0/s1. The number of amides is 1. The van der Waals surface area contributed by atoms with Crippen LogP contribution in [0.15, 0.2) is 54.6 Å². The van der Waals surface area contributed by atoms with Gasteiger partial charge in [0.25, 0.3) is 0 Å². The smallest absolute Gasteiger partial charge is 0.323 e. The molecular weight excluding hydrogens is 396 g/mol. The first kappa shape index (κ1) is 22.5. The van der Waals surface area contributed by atoms with Gasteiger partial charge in [0.15, 0.2) is 0 Å². The third kappa shape index (κ3) is 6.15. The molecule has 0 radical (unpaired) electrons. The SMILES string of the molecule is O=C(O)CN1C(=O)[C@@H](N[C@@H](CCc2ccccc2)C(=O)O)CCCCc2ccccc21. The molecule has 7 nitrogen and oxygen atoms in total. The molecule has 0 aliphatic carbocycles. The summed E-state index contributed by atoms with van der Waals surface area (Å²) in [6.45, 7) is -0.463. The number of nitrogens with one attached hydrogen (secondary N) is 1. The number of rotatable bonds is 8. The van der Waals surface area contributed by atoms with Gasteiger partial charge in [0.05, 0.1) is 6.04 Å². The van der Waals surface area contributed by atoms with E-state index in [1.54, 1.807) is 12.1 Å². The van der Waals surface area contributed by atoms with Gasteiger partial charge in [-0.15, -0.1) is 0 Å². The van der Waals surface area contributed by atoms with Crippen molar-refractivity contribution >= 4 is 23.5 Å². The van der Waals surface area contributed by atoms with Gasteiger partial charge in [-0.1, -0.05) is 55.0 Å². The van der Waals surface area contributed by atoms with Crippen molar-refractivity contribution in [3.63, 3.8) is 0 Å². The Morgan fingerprint density at radius 3 is 2.45 bits per heavy atom. The molecule has 0 unspecified atom stereocenters. The molecule has 2 aromatic carbocycles. The first-order valence-corrected chi connectivity index (χ1v) is 10.6. The fourth-order valence-electron chi connectivity index (χ4n) is 4.01. The summed E-state index contributed by atoms with van der Waals surface area (Å²) in [6.07, 6.45) is 3.67. The number of hydrogen-bond acceptors (Lipinski definition) is 4. The van der Waals surface area contributed by atoms with Gasteiger partial charge in [-0.25, -0.2) is 0 Å². The third-order valence-corrected chi connectivity index (χ3v) is 5.59. The molecule has 3 rings (SSSR count). The lowest BCUT2D eigenvalue weighted by Gasteiger charge is -2.29. The summed E-state index contributed by atoms with van der Waals surface area (Å²) in [5, 5.41) is 22.2. The molecule has 1 aliphatic heterocycles. The minimum atomic E-state index is -1.11. The Labute approximate surface area is 181 Å². The predicted octanol–water partition coefficient (Wildman–Crippen LogP) is 2.87. The number of nitrogens with zero attached hydrogens (tertiary/aromatic N) is 1. The second-order valence-corrected chi connectivity index (χ2v) is 7.83. The van der Waals surface area contributed by atoms with Crippen molar-refractivity contribution in [1.29, 1.82) is 0 Å². The number of benzene rings is 2. The van der Waals surface area contributed by atoms with E-state index in [4.69, 9.17) is 0 Å². The van der Waals surface area contributed by atoms with Gasteiger partial charge in [-0.2, -0.15) is 0 Å². The summed E-state index contributed by atoms with van der Waals surface area (Å²) in [6, 6.07) is 15.2. The van der Waals surface area contributed by atoms with Crippen molar-refractivity contribution in [1.82, 2.24) is 5.32 Å². The zero-order valence-electron chi connectivity index (χ0n) is 17.4. The lowest BCUT2D eigenvalue weighted by atomic mass is 10.0. The Morgan fingerprint density at radius 2 is 1.74 bits per heavy atom. The highest BCUT2D eigenvalue weighted by atomic mass is 16.4. The molecule has 164 valence electrons. The van der Waals surface area contributed by atoms with Crippen LogP contribution in [0.25, 0.3) is 0 Å². The summed E-state index contributed by atoms with van der Waals surface area (Å²) in [4.78, 5) is 38.1. The average Bonchev–Trinajstić information content (AvgIpc) is 2.81. The Bertz CT molecular complexity index is 915. The van der Waals surface area contributed by atoms with E-state index in [9.17, 15) is 24.6 Å². The molecule has 31 heavy (non-hydrogen) atoms. The molecule has 0 fully saturated rings. The number of aliphatic carboxylic acids is 2. The summed E-state index contributed by atoms with van der Waals surface area (Å²) in [5.74, 6) is -2.53. The highest BCUT2D eigenvalue weighted by Gasteiger charge is 2.32. The maximum atomic E-state index is 13.4. The minimum absolute atomic E-state index is 0.332. The number of para-hydroxylation sites is 1. The van der Waals surface area contributed by atoms with Crippen molar-refractivity contribution in [2.24, 2.45) is 0 Å². The number of carbonyl (C=O) groups excluding carboxylic acids is 1. The lowest BCUT2D eigenvalue weighted by molar-refractivity contribution is -0.140. The number of carbonyl (C=O) groups is 3. The Balaban J connectivity index is 1.81. The summed E-state index contributed by atoms with van der Waals surface area (Å²) >= 11 is 0. The van der Waals surface area contributed by atoms with E-state index in [0.717, 1.165) is 30.4 Å². The zero-order valence-corrected chi connectivity index (χ0v) is 17.4. The lowest BCUT2D eigenvalue weighted by Crippen LogP contribution is -2.53. The molecule has 2 aromatic rings. The molecule has 7 heteroatoms. The average molecular weight is 424 g/mol. The van der Waals surface area contributed by atoms with Gasteiger partial charge in [-0.05, 0) is 49.3 Å². The molecule has 3 N–H and O–H groups in total. The fourth-order valence-corrected chi connectivity index (χ4v) is 4.01. The van der Waals surface area contributed by atoms with Crippen LogP contribution in [0, 0.1) is 0 Å². The summed E-state index contributed by atoms with van der Waals surface area (Å²) < 4.78 is 0. The van der Waals surface area contributed by atoms with E-state index < -0.39 is 36.5 Å². The van der Waals surface area contributed by atoms with Crippen LogP contribution < -0.4 is 10.2 Å². The first-order valence-electron chi connectivity index (χ1n) is 10.6. The van der Waals surface area contributed by atoms with Crippen LogP contribution in [-0.4, -0.2) is 46.7 Å². The van der Waals surface area contributed by atoms with Crippen molar-refractivity contribution in [2.75, 3.05) is 11.4 Å². The van der Waals surface area contributed by atoms with E-state index in [1.807, 2.05) is 42.5 Å². The number of hydrogen-bond donors (Lipinski definition) is 3. The number of fused-ring (bicyclic) bond motifs is 1. The Kier molecular flexibility index (Phi) is 7.78. The second-order valence-electron chi connectivity index (χ2n) is 7.83. The van der Waals surface area contributed by atoms with Gasteiger partial charge in [-0.3, -0.25) is 24.6 Å². The predicted molar refractivity (Wildman–Crippen MR) is 117 cm³/mol. The van der Waals surface area contributed by atoms with Crippen molar-refractivity contribution in [3.8, 4) is 0 Å². The molecule has 1 heterocycles. The summed E-state index contributed by atoms with van der Waals surface area (Å²) in [7, 11) is 0.